The normalized spacial score (nSPS) is 12.6. The number of aryl methyl sites for hydroxylation is 1. The van der Waals surface area contributed by atoms with Crippen LogP contribution >= 0.6 is 0 Å². The number of carbonyl (C=O) groups is 1. The van der Waals surface area contributed by atoms with Gasteiger partial charge >= 0.3 is 0 Å². The number of ether oxygens (including phenoxy) is 1. The van der Waals surface area contributed by atoms with Gasteiger partial charge in [0.1, 0.15) is 11.8 Å². The molecule has 1 atom stereocenters. The molecule has 0 aliphatic rings. The second-order valence-electron chi connectivity index (χ2n) is 6.14. The molecule has 1 N–H and O–H groups in total. The van der Waals surface area contributed by atoms with Gasteiger partial charge in [-0.1, -0.05) is 24.6 Å². The second-order valence-corrected chi connectivity index (χ2v) is 8.03. The Bertz CT molecular complexity index is 862. The molecule has 0 spiro atoms. The molecule has 0 aliphatic carbocycles. The molecule has 146 valence electrons. The van der Waals surface area contributed by atoms with E-state index in [1.807, 2.05) is 26.0 Å². The van der Waals surface area contributed by atoms with Gasteiger partial charge in [0.25, 0.3) is 0 Å². The van der Waals surface area contributed by atoms with E-state index in [1.54, 1.807) is 38.1 Å². The fourth-order valence-corrected chi connectivity index (χ4v) is 4.28. The predicted octanol–water partition coefficient (Wildman–Crippen LogP) is 3.43. The minimum Gasteiger partial charge on any atom is -0.494 e. The topological polar surface area (TPSA) is 75.7 Å². The van der Waals surface area contributed by atoms with Crippen molar-refractivity contribution < 1.29 is 17.9 Å². The summed E-state index contributed by atoms with van der Waals surface area (Å²) in [6, 6.07) is 12.7. The Labute approximate surface area is 161 Å². The van der Waals surface area contributed by atoms with E-state index >= 15 is 0 Å². The van der Waals surface area contributed by atoms with E-state index in [1.165, 1.54) is 16.4 Å². The van der Waals surface area contributed by atoms with E-state index in [0.29, 0.717) is 18.0 Å². The number of rotatable bonds is 8. The highest BCUT2D eigenvalue weighted by Crippen LogP contribution is 2.22. The number of sulfonamides is 1. The predicted molar refractivity (Wildman–Crippen MR) is 106 cm³/mol. The molecule has 0 saturated carbocycles. The van der Waals surface area contributed by atoms with Gasteiger partial charge in [-0.05, 0) is 57.2 Å². The molecule has 0 radical (unpaired) electrons. The highest BCUT2D eigenvalue weighted by molar-refractivity contribution is 7.89. The van der Waals surface area contributed by atoms with Crippen LogP contribution < -0.4 is 10.1 Å². The summed E-state index contributed by atoms with van der Waals surface area (Å²) < 4.78 is 32.5. The van der Waals surface area contributed by atoms with Gasteiger partial charge < -0.3 is 10.1 Å². The summed E-state index contributed by atoms with van der Waals surface area (Å²) in [5.41, 5.74) is 1.71. The van der Waals surface area contributed by atoms with Crippen molar-refractivity contribution in [3.63, 3.8) is 0 Å². The quantitative estimate of drug-likeness (QED) is 0.749. The molecule has 0 aliphatic heterocycles. The van der Waals surface area contributed by atoms with Crippen molar-refractivity contribution in [3.05, 3.63) is 54.1 Å². The van der Waals surface area contributed by atoms with Crippen LogP contribution in [-0.2, 0) is 14.8 Å². The summed E-state index contributed by atoms with van der Waals surface area (Å²) in [4.78, 5) is 12.7. The van der Waals surface area contributed by atoms with Gasteiger partial charge in [0.05, 0.1) is 11.5 Å². The number of benzene rings is 2. The summed E-state index contributed by atoms with van der Waals surface area (Å²) in [5, 5.41) is 2.77. The van der Waals surface area contributed by atoms with Crippen molar-refractivity contribution in [2.75, 3.05) is 18.5 Å². The summed E-state index contributed by atoms with van der Waals surface area (Å²) in [6.07, 6.45) is 0. The van der Waals surface area contributed by atoms with Gasteiger partial charge in [0, 0.05) is 12.2 Å². The van der Waals surface area contributed by atoms with Gasteiger partial charge in [0.15, 0.2) is 0 Å². The Hall–Kier alpha value is -2.38. The van der Waals surface area contributed by atoms with E-state index in [2.05, 4.69) is 5.32 Å². The molecule has 27 heavy (non-hydrogen) atoms. The number of anilines is 1. The first-order valence-electron chi connectivity index (χ1n) is 8.91. The van der Waals surface area contributed by atoms with Gasteiger partial charge in [-0.3, -0.25) is 4.79 Å². The SMILES string of the molecule is CCOc1ccc(S(=O)(=O)N(CC)[C@H](C)C(=O)Nc2ccc(C)cc2)cc1. The Balaban J connectivity index is 2.19. The molecule has 0 heterocycles. The first-order valence-corrected chi connectivity index (χ1v) is 10.4. The minimum atomic E-state index is -3.81. The third-order valence-corrected chi connectivity index (χ3v) is 6.24. The van der Waals surface area contributed by atoms with E-state index in [4.69, 9.17) is 4.74 Å². The Morgan fingerprint density at radius 1 is 1.07 bits per heavy atom. The summed E-state index contributed by atoms with van der Waals surface area (Å²) in [7, 11) is -3.81. The largest absolute Gasteiger partial charge is 0.494 e. The number of hydrogen-bond acceptors (Lipinski definition) is 4. The lowest BCUT2D eigenvalue weighted by molar-refractivity contribution is -0.119. The maximum Gasteiger partial charge on any atom is 0.243 e. The lowest BCUT2D eigenvalue weighted by Crippen LogP contribution is -2.45. The third kappa shape index (κ3) is 5.08. The highest BCUT2D eigenvalue weighted by Gasteiger charge is 2.31. The minimum absolute atomic E-state index is 0.128. The van der Waals surface area contributed by atoms with Crippen LogP contribution in [0.4, 0.5) is 5.69 Å². The zero-order chi connectivity index (χ0) is 20.0. The lowest BCUT2D eigenvalue weighted by atomic mass is 10.2. The maximum atomic E-state index is 13.0. The molecule has 7 heteroatoms. The maximum absolute atomic E-state index is 13.0. The fourth-order valence-electron chi connectivity index (χ4n) is 2.68. The lowest BCUT2D eigenvalue weighted by Gasteiger charge is -2.26. The molecular weight excluding hydrogens is 364 g/mol. The van der Waals surface area contributed by atoms with Crippen LogP contribution in [0.15, 0.2) is 53.4 Å². The van der Waals surface area contributed by atoms with Crippen LogP contribution in [0.1, 0.15) is 26.3 Å². The van der Waals surface area contributed by atoms with Crippen molar-refractivity contribution in [1.82, 2.24) is 4.31 Å². The van der Waals surface area contributed by atoms with Gasteiger partial charge in [-0.25, -0.2) is 8.42 Å². The van der Waals surface area contributed by atoms with Crippen LogP contribution in [0, 0.1) is 6.92 Å². The Morgan fingerprint density at radius 2 is 1.67 bits per heavy atom. The van der Waals surface area contributed by atoms with Crippen molar-refractivity contribution in [3.8, 4) is 5.75 Å². The number of likely N-dealkylation sites (N-methyl/N-ethyl adjacent to an activating group) is 1. The first kappa shape index (κ1) is 20.9. The van der Waals surface area contributed by atoms with E-state index in [-0.39, 0.29) is 17.3 Å². The van der Waals surface area contributed by atoms with Gasteiger partial charge in [-0.2, -0.15) is 4.31 Å². The molecule has 2 aromatic carbocycles. The molecular formula is C20H26N2O4S. The fraction of sp³-hybridized carbons (Fsp3) is 0.350. The zero-order valence-corrected chi connectivity index (χ0v) is 16.9. The zero-order valence-electron chi connectivity index (χ0n) is 16.1. The average molecular weight is 391 g/mol. The molecule has 0 saturated heterocycles. The number of nitrogens with one attached hydrogen (secondary N) is 1. The van der Waals surface area contributed by atoms with Crippen molar-refractivity contribution in [2.45, 2.75) is 38.6 Å². The molecule has 0 aromatic heterocycles. The molecule has 0 unspecified atom stereocenters. The number of hydrogen-bond donors (Lipinski definition) is 1. The monoisotopic (exact) mass is 390 g/mol. The van der Waals surface area contributed by atoms with Crippen molar-refractivity contribution in [2.24, 2.45) is 0 Å². The highest BCUT2D eigenvalue weighted by atomic mass is 32.2. The summed E-state index contributed by atoms with van der Waals surface area (Å²) in [6.45, 7) is 7.79. The van der Waals surface area contributed by atoms with Crippen LogP contribution in [0.25, 0.3) is 0 Å². The van der Waals surface area contributed by atoms with Crippen LogP contribution in [0.3, 0.4) is 0 Å². The van der Waals surface area contributed by atoms with Crippen LogP contribution in [-0.4, -0.2) is 37.8 Å². The molecule has 0 fully saturated rings. The Kier molecular flexibility index (Phi) is 6.98. The molecule has 2 rings (SSSR count). The Morgan fingerprint density at radius 3 is 2.19 bits per heavy atom. The third-order valence-electron chi connectivity index (χ3n) is 4.18. The molecule has 0 bridgehead atoms. The number of nitrogens with zero attached hydrogens (tertiary/aromatic N) is 1. The number of carbonyl (C=O) groups excluding carboxylic acids is 1. The molecule has 6 nitrogen and oxygen atoms in total. The molecule has 2 aromatic rings. The summed E-state index contributed by atoms with van der Waals surface area (Å²) in [5.74, 6) is 0.222. The van der Waals surface area contributed by atoms with Gasteiger partial charge in [-0.15, -0.1) is 0 Å². The molecule has 1 amide bonds. The van der Waals surface area contributed by atoms with Crippen molar-refractivity contribution >= 4 is 21.6 Å². The first-order chi connectivity index (χ1) is 12.8. The average Bonchev–Trinajstić information content (AvgIpc) is 2.64. The van der Waals surface area contributed by atoms with E-state index in [0.717, 1.165) is 5.56 Å². The standard InChI is InChI=1S/C20H26N2O4S/c1-5-22(16(4)20(23)21-17-9-7-15(3)8-10-17)27(24,25)19-13-11-18(12-14-19)26-6-2/h7-14,16H,5-6H2,1-4H3,(H,21,23)/t16-/m1/s1. The second kappa shape index (κ2) is 9.01. The van der Waals surface area contributed by atoms with E-state index in [9.17, 15) is 13.2 Å². The van der Waals surface area contributed by atoms with E-state index < -0.39 is 16.1 Å². The van der Waals surface area contributed by atoms with Gasteiger partial charge in [0.2, 0.25) is 15.9 Å². The number of amides is 1. The smallest absolute Gasteiger partial charge is 0.243 e. The van der Waals surface area contributed by atoms with Crippen LogP contribution in [0.2, 0.25) is 0 Å². The summed E-state index contributed by atoms with van der Waals surface area (Å²) >= 11 is 0. The van der Waals surface area contributed by atoms with Crippen LogP contribution in [0.5, 0.6) is 5.75 Å². The van der Waals surface area contributed by atoms with Crippen molar-refractivity contribution in [1.29, 1.82) is 0 Å².